The minimum atomic E-state index is -0.723. The molecular weight excluding hydrogens is 169 g/mol. The first-order valence-corrected chi connectivity index (χ1v) is 5.00. The lowest BCUT2D eigenvalue weighted by Gasteiger charge is -2.24. The average Bonchev–Trinajstić information content (AvgIpc) is 2.24. The van der Waals surface area contributed by atoms with E-state index in [1.54, 1.807) is 0 Å². The van der Waals surface area contributed by atoms with E-state index in [2.05, 4.69) is 11.8 Å². The molecule has 1 aliphatic heterocycles. The summed E-state index contributed by atoms with van der Waals surface area (Å²) in [5, 5.41) is 0. The summed E-state index contributed by atoms with van der Waals surface area (Å²) in [5.74, 6) is 0. The monoisotopic (exact) mass is 189 g/mol. The van der Waals surface area contributed by atoms with Crippen LogP contribution in [0.3, 0.4) is 0 Å². The Kier molecular flexibility index (Phi) is 3.68. The van der Waals surface area contributed by atoms with Gasteiger partial charge in [0.2, 0.25) is 0 Å². The molecule has 0 aromatic heterocycles. The van der Waals surface area contributed by atoms with E-state index in [4.69, 9.17) is 4.74 Å². The molecule has 0 amide bonds. The fourth-order valence-electron chi connectivity index (χ4n) is 1.74. The van der Waals surface area contributed by atoms with Gasteiger partial charge in [-0.15, -0.1) is 0 Å². The normalized spacial score (nSPS) is 36.0. The molecule has 3 heteroatoms. The number of likely N-dealkylation sites (N-methyl/N-ethyl adjacent to an activating group) is 1. The third kappa shape index (κ3) is 2.64. The van der Waals surface area contributed by atoms with Crippen molar-refractivity contribution in [1.82, 2.24) is 4.90 Å². The summed E-state index contributed by atoms with van der Waals surface area (Å²) < 4.78 is 18.9. The van der Waals surface area contributed by atoms with E-state index in [1.807, 2.05) is 20.9 Å². The van der Waals surface area contributed by atoms with Crippen molar-refractivity contribution in [3.8, 4) is 0 Å². The van der Waals surface area contributed by atoms with Gasteiger partial charge in [0, 0.05) is 6.04 Å². The molecule has 1 heterocycles. The van der Waals surface area contributed by atoms with Crippen LogP contribution in [0.2, 0.25) is 0 Å². The third-order valence-corrected chi connectivity index (χ3v) is 2.80. The zero-order valence-electron chi connectivity index (χ0n) is 8.96. The largest absolute Gasteiger partial charge is 0.377 e. The Morgan fingerprint density at radius 3 is 2.54 bits per heavy atom. The first-order chi connectivity index (χ1) is 6.02. The standard InChI is InChI=1S/C10H20FNO/c1-7(2)13-6-10-9(11)5-8(3)12(10)4/h7-10H,5-6H2,1-4H3/t8-,9-,10-/m0/s1. The molecule has 0 N–H and O–H groups in total. The Labute approximate surface area is 80.1 Å². The smallest absolute Gasteiger partial charge is 0.119 e. The van der Waals surface area contributed by atoms with Crippen molar-refractivity contribution in [2.75, 3.05) is 13.7 Å². The quantitative estimate of drug-likeness (QED) is 0.671. The van der Waals surface area contributed by atoms with Crippen molar-refractivity contribution in [3.05, 3.63) is 0 Å². The van der Waals surface area contributed by atoms with Crippen molar-refractivity contribution in [3.63, 3.8) is 0 Å². The maximum atomic E-state index is 13.4. The van der Waals surface area contributed by atoms with Crippen LogP contribution in [0.15, 0.2) is 0 Å². The molecule has 0 bridgehead atoms. The first kappa shape index (κ1) is 10.9. The second kappa shape index (κ2) is 4.38. The van der Waals surface area contributed by atoms with Crippen LogP contribution in [0, 0.1) is 0 Å². The lowest BCUT2D eigenvalue weighted by Crippen LogP contribution is -2.37. The van der Waals surface area contributed by atoms with Crippen LogP contribution in [0.1, 0.15) is 27.2 Å². The van der Waals surface area contributed by atoms with E-state index in [1.165, 1.54) is 0 Å². The number of rotatable bonds is 3. The van der Waals surface area contributed by atoms with Crippen LogP contribution in [0.4, 0.5) is 4.39 Å². The first-order valence-electron chi connectivity index (χ1n) is 5.00. The molecule has 0 spiro atoms. The highest BCUT2D eigenvalue weighted by molar-refractivity contribution is 4.90. The fraction of sp³-hybridized carbons (Fsp3) is 1.00. The molecule has 1 fully saturated rings. The SMILES string of the molecule is CC(C)OC[C@H]1[C@@H](F)C[C@H](C)N1C. The molecule has 0 unspecified atom stereocenters. The highest BCUT2D eigenvalue weighted by Gasteiger charge is 2.36. The molecule has 13 heavy (non-hydrogen) atoms. The van der Waals surface area contributed by atoms with E-state index >= 15 is 0 Å². The van der Waals surface area contributed by atoms with Crippen LogP contribution >= 0.6 is 0 Å². The van der Waals surface area contributed by atoms with Crippen molar-refractivity contribution >= 4 is 0 Å². The van der Waals surface area contributed by atoms with Gasteiger partial charge in [0.05, 0.1) is 18.8 Å². The maximum Gasteiger partial charge on any atom is 0.119 e. The zero-order chi connectivity index (χ0) is 10.0. The Morgan fingerprint density at radius 2 is 2.15 bits per heavy atom. The van der Waals surface area contributed by atoms with Gasteiger partial charge in [0.15, 0.2) is 0 Å². The predicted molar refractivity (Wildman–Crippen MR) is 51.6 cm³/mol. The Bertz CT molecular complexity index is 163. The van der Waals surface area contributed by atoms with Crippen molar-refractivity contribution in [2.24, 2.45) is 0 Å². The van der Waals surface area contributed by atoms with Gasteiger partial charge in [0.25, 0.3) is 0 Å². The predicted octanol–water partition coefficient (Wildman–Crippen LogP) is 1.84. The number of halogens is 1. The van der Waals surface area contributed by atoms with Crippen molar-refractivity contribution in [1.29, 1.82) is 0 Å². The molecule has 3 atom stereocenters. The van der Waals surface area contributed by atoms with E-state index in [0.717, 1.165) is 0 Å². The zero-order valence-corrected chi connectivity index (χ0v) is 8.96. The van der Waals surface area contributed by atoms with Crippen LogP contribution in [0.5, 0.6) is 0 Å². The molecule has 1 aliphatic rings. The van der Waals surface area contributed by atoms with E-state index < -0.39 is 6.17 Å². The lowest BCUT2D eigenvalue weighted by atomic mass is 10.2. The summed E-state index contributed by atoms with van der Waals surface area (Å²) in [7, 11) is 1.97. The Hall–Kier alpha value is -0.150. The summed E-state index contributed by atoms with van der Waals surface area (Å²) in [6.07, 6.45) is 0.109. The van der Waals surface area contributed by atoms with Gasteiger partial charge >= 0.3 is 0 Å². The molecule has 2 nitrogen and oxygen atoms in total. The van der Waals surface area contributed by atoms with E-state index in [9.17, 15) is 4.39 Å². The number of hydrogen-bond acceptors (Lipinski definition) is 2. The summed E-state index contributed by atoms with van der Waals surface area (Å²) in [4.78, 5) is 2.08. The minimum Gasteiger partial charge on any atom is -0.377 e. The molecule has 0 saturated carbocycles. The summed E-state index contributed by atoms with van der Waals surface area (Å²) in [5.41, 5.74) is 0. The van der Waals surface area contributed by atoms with Crippen molar-refractivity contribution < 1.29 is 9.13 Å². The molecule has 0 aromatic rings. The van der Waals surface area contributed by atoms with Gasteiger partial charge in [-0.25, -0.2) is 4.39 Å². The minimum absolute atomic E-state index is 0.0441. The van der Waals surface area contributed by atoms with Crippen LogP contribution in [-0.2, 0) is 4.74 Å². The summed E-state index contributed by atoms with van der Waals surface area (Å²) in [6, 6.07) is 0.299. The Balaban J connectivity index is 2.39. The van der Waals surface area contributed by atoms with Gasteiger partial charge in [-0.2, -0.15) is 0 Å². The average molecular weight is 189 g/mol. The van der Waals surface area contributed by atoms with Gasteiger partial charge < -0.3 is 4.74 Å². The van der Waals surface area contributed by atoms with Gasteiger partial charge in [0.1, 0.15) is 6.17 Å². The van der Waals surface area contributed by atoms with Gasteiger partial charge in [-0.1, -0.05) is 0 Å². The van der Waals surface area contributed by atoms with Gasteiger partial charge in [-0.05, 0) is 34.2 Å². The van der Waals surface area contributed by atoms with Crippen LogP contribution in [0.25, 0.3) is 0 Å². The highest BCUT2D eigenvalue weighted by atomic mass is 19.1. The molecule has 78 valence electrons. The van der Waals surface area contributed by atoms with Gasteiger partial charge in [-0.3, -0.25) is 4.90 Å². The topological polar surface area (TPSA) is 12.5 Å². The highest BCUT2D eigenvalue weighted by Crippen LogP contribution is 2.25. The van der Waals surface area contributed by atoms with E-state index in [-0.39, 0.29) is 12.1 Å². The molecule has 1 saturated heterocycles. The summed E-state index contributed by atoms with van der Waals surface area (Å²) >= 11 is 0. The van der Waals surface area contributed by atoms with Crippen molar-refractivity contribution in [2.45, 2.75) is 51.6 Å². The Morgan fingerprint density at radius 1 is 1.54 bits per heavy atom. The molecular formula is C10H20FNO. The van der Waals surface area contributed by atoms with Crippen LogP contribution in [-0.4, -0.2) is 42.9 Å². The molecule has 0 radical (unpaired) electrons. The second-order valence-corrected chi connectivity index (χ2v) is 4.22. The lowest BCUT2D eigenvalue weighted by molar-refractivity contribution is 0.0235. The number of likely N-dealkylation sites (tertiary alicyclic amines) is 1. The maximum absolute atomic E-state index is 13.4. The number of ether oxygens (including phenoxy) is 1. The fourth-order valence-corrected chi connectivity index (χ4v) is 1.74. The summed E-state index contributed by atoms with van der Waals surface area (Å²) in [6.45, 7) is 6.53. The number of nitrogens with zero attached hydrogens (tertiary/aromatic N) is 1. The van der Waals surface area contributed by atoms with E-state index in [0.29, 0.717) is 19.1 Å². The number of hydrogen-bond donors (Lipinski definition) is 0. The molecule has 1 rings (SSSR count). The number of alkyl halides is 1. The molecule has 0 aliphatic carbocycles. The third-order valence-electron chi connectivity index (χ3n) is 2.80. The van der Waals surface area contributed by atoms with Crippen LogP contribution < -0.4 is 0 Å². The second-order valence-electron chi connectivity index (χ2n) is 4.22. The molecule has 0 aromatic carbocycles.